The van der Waals surface area contributed by atoms with Gasteiger partial charge in [0.2, 0.25) is 0 Å². The molecule has 0 aliphatic heterocycles. The van der Waals surface area contributed by atoms with Gasteiger partial charge in [-0.2, -0.15) is 0 Å². The number of methoxy groups -OCH3 is 2. The highest BCUT2D eigenvalue weighted by Gasteiger charge is 2.13. The third-order valence-corrected chi connectivity index (χ3v) is 4.05. The molecule has 0 amide bonds. The molecule has 146 valence electrons. The first-order chi connectivity index (χ1) is 13.6. The molecule has 0 bridgehead atoms. The molecule has 1 heterocycles. The summed E-state index contributed by atoms with van der Waals surface area (Å²) in [5.41, 5.74) is 0.609. The van der Waals surface area contributed by atoms with Gasteiger partial charge in [0.05, 0.1) is 26.3 Å². The molecule has 7 heteroatoms. The lowest BCUT2D eigenvalue weighted by atomic mass is 10.1. The molecule has 0 unspecified atom stereocenters. The third-order valence-electron chi connectivity index (χ3n) is 4.05. The Labute approximate surface area is 161 Å². The summed E-state index contributed by atoms with van der Waals surface area (Å²) >= 11 is 0. The number of carbonyl (C=O) groups excluding carboxylic acids is 1. The minimum atomic E-state index is -0.454. The average molecular weight is 385 g/mol. The van der Waals surface area contributed by atoms with Crippen molar-refractivity contribution in [3.63, 3.8) is 0 Å². The van der Waals surface area contributed by atoms with Crippen LogP contribution in [0.2, 0.25) is 0 Å². The van der Waals surface area contributed by atoms with E-state index in [0.717, 1.165) is 0 Å². The molecule has 0 N–H and O–H groups in total. The van der Waals surface area contributed by atoms with Crippen LogP contribution < -0.4 is 14.2 Å². The Morgan fingerprint density at radius 2 is 1.86 bits per heavy atom. The van der Waals surface area contributed by atoms with Crippen LogP contribution >= 0.6 is 0 Å². The Kier molecular flexibility index (Phi) is 6.26. The second-order valence-corrected chi connectivity index (χ2v) is 5.89. The predicted octanol–water partition coefficient (Wildman–Crippen LogP) is 4.51. The maximum Gasteiger partial charge on any atom is 0.305 e. The molecule has 3 rings (SSSR count). The van der Waals surface area contributed by atoms with Gasteiger partial charge in [0.25, 0.3) is 0 Å². The minimum absolute atomic E-state index is 0.122. The fourth-order valence-corrected chi connectivity index (χ4v) is 2.64. The second kappa shape index (κ2) is 9.03. The summed E-state index contributed by atoms with van der Waals surface area (Å²) in [7, 11) is 2.87. The minimum Gasteiger partial charge on any atom is -0.493 e. The molecule has 6 nitrogen and oxygen atoms in total. The fourth-order valence-electron chi connectivity index (χ4n) is 2.64. The van der Waals surface area contributed by atoms with E-state index in [1.54, 1.807) is 42.6 Å². The van der Waals surface area contributed by atoms with Gasteiger partial charge in [0.1, 0.15) is 5.75 Å². The van der Waals surface area contributed by atoms with Crippen LogP contribution in [0.4, 0.5) is 4.39 Å². The Balaban J connectivity index is 1.84. The van der Waals surface area contributed by atoms with E-state index in [4.69, 9.17) is 14.2 Å². The standard InChI is InChI=1S/C21H20FNO5/c1-25-19-12-14-16(13-20(19)27-11-5-8-21(24)26-2)23-10-9-17(14)28-18-7-4-3-6-15(18)22/h3-4,6-7,9-10,12-13H,5,8,11H2,1-2H3. The van der Waals surface area contributed by atoms with Crippen molar-refractivity contribution in [1.82, 2.24) is 4.98 Å². The lowest BCUT2D eigenvalue weighted by Gasteiger charge is -2.14. The molecule has 0 aliphatic carbocycles. The largest absolute Gasteiger partial charge is 0.493 e. The van der Waals surface area contributed by atoms with E-state index in [0.29, 0.717) is 41.2 Å². The summed E-state index contributed by atoms with van der Waals surface area (Å²) in [6, 6.07) is 11.3. The van der Waals surface area contributed by atoms with Crippen molar-refractivity contribution < 1.29 is 28.1 Å². The van der Waals surface area contributed by atoms with Crippen LogP contribution in [0.25, 0.3) is 10.9 Å². The van der Waals surface area contributed by atoms with Gasteiger partial charge in [0, 0.05) is 24.1 Å². The number of fused-ring (bicyclic) bond motifs is 1. The topological polar surface area (TPSA) is 66.9 Å². The number of pyridine rings is 1. The lowest BCUT2D eigenvalue weighted by molar-refractivity contribution is -0.140. The lowest BCUT2D eigenvalue weighted by Crippen LogP contribution is -2.05. The molecule has 0 saturated carbocycles. The average Bonchev–Trinajstić information content (AvgIpc) is 2.72. The predicted molar refractivity (Wildman–Crippen MR) is 102 cm³/mol. The summed E-state index contributed by atoms with van der Waals surface area (Å²) in [5.74, 6) is 0.811. The number of halogens is 1. The van der Waals surface area contributed by atoms with Crippen molar-refractivity contribution in [1.29, 1.82) is 0 Å². The molecule has 0 radical (unpaired) electrons. The van der Waals surface area contributed by atoms with Crippen LogP contribution in [0.15, 0.2) is 48.7 Å². The van der Waals surface area contributed by atoms with Crippen molar-refractivity contribution in [2.75, 3.05) is 20.8 Å². The Hall–Kier alpha value is -3.35. The SMILES string of the molecule is COC(=O)CCCOc1cc2nccc(Oc3ccccc3F)c2cc1OC. The first-order valence-electron chi connectivity index (χ1n) is 8.71. The zero-order valence-electron chi connectivity index (χ0n) is 15.6. The van der Waals surface area contributed by atoms with Gasteiger partial charge in [-0.05, 0) is 30.7 Å². The van der Waals surface area contributed by atoms with Crippen molar-refractivity contribution >= 4 is 16.9 Å². The van der Waals surface area contributed by atoms with Crippen molar-refractivity contribution in [3.8, 4) is 23.0 Å². The molecular weight excluding hydrogens is 365 g/mol. The first kappa shape index (κ1) is 19.4. The van der Waals surface area contributed by atoms with Gasteiger partial charge in [-0.15, -0.1) is 0 Å². The number of para-hydroxylation sites is 1. The summed E-state index contributed by atoms with van der Waals surface area (Å²) in [6.07, 6.45) is 2.36. The van der Waals surface area contributed by atoms with Crippen molar-refractivity contribution in [2.45, 2.75) is 12.8 Å². The number of hydrogen-bond acceptors (Lipinski definition) is 6. The molecule has 1 aromatic heterocycles. The maximum atomic E-state index is 13.9. The summed E-state index contributed by atoms with van der Waals surface area (Å²) in [6.45, 7) is 0.322. The van der Waals surface area contributed by atoms with Crippen LogP contribution in [-0.2, 0) is 9.53 Å². The summed E-state index contributed by atoms with van der Waals surface area (Å²) in [5, 5.41) is 0.657. The van der Waals surface area contributed by atoms with E-state index in [9.17, 15) is 9.18 Å². The molecule has 3 aromatic rings. The first-order valence-corrected chi connectivity index (χ1v) is 8.71. The van der Waals surface area contributed by atoms with Gasteiger partial charge >= 0.3 is 5.97 Å². The fraction of sp³-hybridized carbons (Fsp3) is 0.238. The van der Waals surface area contributed by atoms with Gasteiger partial charge in [-0.25, -0.2) is 4.39 Å². The van der Waals surface area contributed by atoms with E-state index in [1.165, 1.54) is 20.3 Å². The molecule has 0 spiro atoms. The number of esters is 1. The molecule has 0 aliphatic rings. The number of rotatable bonds is 8. The highest BCUT2D eigenvalue weighted by atomic mass is 19.1. The second-order valence-electron chi connectivity index (χ2n) is 5.89. The van der Waals surface area contributed by atoms with Crippen LogP contribution in [0.3, 0.4) is 0 Å². The molecular formula is C21H20FNO5. The molecule has 0 atom stereocenters. The summed E-state index contributed by atoms with van der Waals surface area (Å²) in [4.78, 5) is 15.5. The Morgan fingerprint density at radius 1 is 1.04 bits per heavy atom. The molecule has 28 heavy (non-hydrogen) atoms. The number of ether oxygens (including phenoxy) is 4. The molecule has 0 saturated heterocycles. The van der Waals surface area contributed by atoms with E-state index in [2.05, 4.69) is 9.72 Å². The smallest absolute Gasteiger partial charge is 0.305 e. The van der Waals surface area contributed by atoms with Gasteiger partial charge in [0.15, 0.2) is 23.1 Å². The van der Waals surface area contributed by atoms with E-state index >= 15 is 0 Å². The monoisotopic (exact) mass is 385 g/mol. The van der Waals surface area contributed by atoms with E-state index in [-0.39, 0.29) is 18.1 Å². The van der Waals surface area contributed by atoms with Crippen LogP contribution in [0.1, 0.15) is 12.8 Å². The van der Waals surface area contributed by atoms with Crippen LogP contribution in [0.5, 0.6) is 23.0 Å². The van der Waals surface area contributed by atoms with E-state index in [1.807, 2.05) is 0 Å². The number of nitrogens with zero attached hydrogens (tertiary/aromatic N) is 1. The number of hydrogen-bond donors (Lipinski definition) is 0. The van der Waals surface area contributed by atoms with Crippen LogP contribution in [0, 0.1) is 5.82 Å². The van der Waals surface area contributed by atoms with Crippen molar-refractivity contribution in [2.24, 2.45) is 0 Å². The quantitative estimate of drug-likeness (QED) is 0.420. The summed E-state index contributed by atoms with van der Waals surface area (Å²) < 4.78 is 35.4. The zero-order valence-corrected chi connectivity index (χ0v) is 15.6. The van der Waals surface area contributed by atoms with E-state index < -0.39 is 5.82 Å². The highest BCUT2D eigenvalue weighted by Crippen LogP contribution is 2.37. The third kappa shape index (κ3) is 4.49. The Morgan fingerprint density at radius 3 is 2.61 bits per heavy atom. The van der Waals surface area contributed by atoms with Gasteiger partial charge in [-0.3, -0.25) is 9.78 Å². The molecule has 2 aromatic carbocycles. The number of aromatic nitrogens is 1. The molecule has 0 fully saturated rings. The van der Waals surface area contributed by atoms with Crippen molar-refractivity contribution in [3.05, 3.63) is 54.5 Å². The van der Waals surface area contributed by atoms with Gasteiger partial charge in [-0.1, -0.05) is 12.1 Å². The number of benzene rings is 2. The Bertz CT molecular complexity index is 976. The maximum absolute atomic E-state index is 13.9. The van der Waals surface area contributed by atoms with Crippen LogP contribution in [-0.4, -0.2) is 31.8 Å². The normalized spacial score (nSPS) is 10.5. The van der Waals surface area contributed by atoms with Gasteiger partial charge < -0.3 is 18.9 Å². The zero-order chi connectivity index (χ0) is 19.9. The number of carbonyl (C=O) groups is 1. The highest BCUT2D eigenvalue weighted by molar-refractivity contribution is 5.88.